The summed E-state index contributed by atoms with van der Waals surface area (Å²) in [4.78, 5) is 0. The predicted octanol–water partition coefficient (Wildman–Crippen LogP) is 7.97. The number of aliphatic hydroxyl groups excluding tert-OH is 3. The van der Waals surface area contributed by atoms with Gasteiger partial charge in [0.1, 0.15) is 5.76 Å². The van der Waals surface area contributed by atoms with Gasteiger partial charge in [-0.3, -0.25) is 0 Å². The summed E-state index contributed by atoms with van der Waals surface area (Å²) in [6, 6.07) is 0. The van der Waals surface area contributed by atoms with E-state index in [1.54, 1.807) is 0 Å². The Kier molecular flexibility index (Phi) is 10.5. The van der Waals surface area contributed by atoms with E-state index in [-0.39, 0.29) is 68.0 Å². The summed E-state index contributed by atoms with van der Waals surface area (Å²) >= 11 is 0. The summed E-state index contributed by atoms with van der Waals surface area (Å²) in [6.07, 6.45) is 11.5. The number of rotatable bonds is 6. The van der Waals surface area contributed by atoms with Crippen molar-refractivity contribution in [3.63, 3.8) is 0 Å². The quantitative estimate of drug-likeness (QED) is 0.265. The summed E-state index contributed by atoms with van der Waals surface area (Å²) in [5, 5.41) is 34.1. The van der Waals surface area contributed by atoms with Gasteiger partial charge < -0.3 is 29.1 Å². The third-order valence-electron chi connectivity index (χ3n) is 12.3. The van der Waals surface area contributed by atoms with Crippen molar-refractivity contribution >= 4 is 9.03 Å². The average molecular weight is 609 g/mol. The van der Waals surface area contributed by atoms with E-state index >= 15 is 0 Å². The van der Waals surface area contributed by atoms with Crippen LogP contribution < -0.4 is 0 Å². The summed E-state index contributed by atoms with van der Waals surface area (Å²) in [7, 11) is 1.73. The Labute approximate surface area is 257 Å². The molecule has 5 aliphatic carbocycles. The molecule has 5 aliphatic rings. The van der Waals surface area contributed by atoms with Gasteiger partial charge in [0.2, 0.25) is 0 Å². The molecule has 4 saturated carbocycles. The Morgan fingerprint density at radius 2 is 1.43 bits per heavy atom. The van der Waals surface area contributed by atoms with Gasteiger partial charge in [-0.2, -0.15) is 0 Å². The van der Waals surface area contributed by atoms with Gasteiger partial charge in [-0.05, 0) is 116 Å². The molecule has 0 spiro atoms. The van der Waals surface area contributed by atoms with Crippen molar-refractivity contribution < 1.29 is 29.1 Å². The first-order valence-corrected chi connectivity index (χ1v) is 18.0. The van der Waals surface area contributed by atoms with Crippen molar-refractivity contribution in [2.24, 2.45) is 52.3 Å². The first kappa shape index (κ1) is 33.1. The van der Waals surface area contributed by atoms with E-state index in [9.17, 15) is 15.3 Å². The Bertz CT molecular complexity index is 939. The fourth-order valence-corrected chi connectivity index (χ4v) is 10.9. The second kappa shape index (κ2) is 13.2. The lowest BCUT2D eigenvalue weighted by molar-refractivity contribution is -0.131. The number of aliphatic hydroxyl groups is 3. The molecule has 13 unspecified atom stereocenters. The largest absolute Gasteiger partial charge is 0.512 e. The maximum Gasteiger partial charge on any atom is 0.155 e. The number of hydrogen-bond donors (Lipinski definition) is 3. The lowest BCUT2D eigenvalue weighted by Crippen LogP contribution is -2.53. The summed E-state index contributed by atoms with van der Waals surface area (Å²) in [5.74, 6) is 2.15. The zero-order valence-electron chi connectivity index (χ0n) is 27.5. The predicted molar refractivity (Wildman–Crippen MR) is 169 cm³/mol. The van der Waals surface area contributed by atoms with Crippen LogP contribution in [-0.4, -0.2) is 52.9 Å². The third-order valence-corrected chi connectivity index (χ3v) is 13.0. The van der Waals surface area contributed by atoms with E-state index < -0.39 is 6.10 Å². The topological polar surface area (TPSA) is 88.4 Å². The minimum atomic E-state index is -0.503. The van der Waals surface area contributed by atoms with Crippen LogP contribution in [0.5, 0.6) is 0 Å². The number of fused-ring (bicyclic) bond motifs is 2. The van der Waals surface area contributed by atoms with Crippen LogP contribution in [0.25, 0.3) is 0 Å². The third kappa shape index (κ3) is 6.80. The van der Waals surface area contributed by atoms with Gasteiger partial charge in [-0.1, -0.05) is 54.4 Å². The monoisotopic (exact) mass is 608 g/mol. The van der Waals surface area contributed by atoms with Crippen molar-refractivity contribution in [3.8, 4) is 0 Å². The van der Waals surface area contributed by atoms with Gasteiger partial charge in [0.25, 0.3) is 0 Å². The highest BCUT2D eigenvalue weighted by Gasteiger charge is 2.51. The van der Waals surface area contributed by atoms with E-state index in [1.165, 1.54) is 0 Å². The van der Waals surface area contributed by atoms with Crippen molar-refractivity contribution in [2.75, 3.05) is 7.11 Å². The van der Waals surface area contributed by atoms with Crippen LogP contribution in [-0.2, 0) is 13.8 Å². The number of methoxy groups -OCH3 is 1. The van der Waals surface area contributed by atoms with Crippen molar-refractivity contribution in [3.05, 3.63) is 11.3 Å². The average Bonchev–Trinajstić information content (AvgIpc) is 2.92. The molecule has 4 fully saturated rings. The number of hydrogen-bond acceptors (Lipinski definition) is 6. The molecule has 0 bridgehead atoms. The minimum Gasteiger partial charge on any atom is -0.512 e. The summed E-state index contributed by atoms with van der Waals surface area (Å²) < 4.78 is 19.5. The van der Waals surface area contributed by atoms with Crippen molar-refractivity contribution in [1.29, 1.82) is 0 Å². The van der Waals surface area contributed by atoms with Crippen LogP contribution in [0.4, 0.5) is 0 Å². The van der Waals surface area contributed by atoms with Crippen LogP contribution in [0.15, 0.2) is 11.3 Å². The molecular weight excluding hydrogens is 547 g/mol. The van der Waals surface area contributed by atoms with Crippen LogP contribution in [0, 0.1) is 52.3 Å². The van der Waals surface area contributed by atoms with E-state index in [0.29, 0.717) is 23.5 Å². The lowest BCUT2D eigenvalue weighted by atomic mass is 9.58. The molecule has 0 aromatic heterocycles. The van der Waals surface area contributed by atoms with Crippen LogP contribution >= 0.6 is 9.03 Å². The van der Waals surface area contributed by atoms with Crippen LogP contribution in [0.1, 0.15) is 119 Å². The van der Waals surface area contributed by atoms with Gasteiger partial charge in [0.15, 0.2) is 9.03 Å². The first-order valence-electron chi connectivity index (χ1n) is 17.2. The molecule has 13 atom stereocenters. The fraction of sp³-hybridized carbons (Fsp3) is 0.943. The lowest BCUT2D eigenvalue weighted by Gasteiger charge is -2.52. The second-order valence-electron chi connectivity index (χ2n) is 16.8. The molecule has 6 nitrogen and oxygen atoms in total. The Morgan fingerprint density at radius 3 is 2.12 bits per heavy atom. The minimum absolute atomic E-state index is 0.00707. The zero-order chi connectivity index (χ0) is 30.4. The fourth-order valence-electron chi connectivity index (χ4n) is 10.0. The van der Waals surface area contributed by atoms with Gasteiger partial charge in [-0.25, -0.2) is 0 Å². The molecule has 7 heteroatoms. The van der Waals surface area contributed by atoms with Crippen LogP contribution in [0.3, 0.4) is 0 Å². The first-order chi connectivity index (χ1) is 19.8. The van der Waals surface area contributed by atoms with Crippen molar-refractivity contribution in [1.82, 2.24) is 0 Å². The molecule has 3 N–H and O–H groups in total. The van der Waals surface area contributed by atoms with Gasteiger partial charge in [0.05, 0.1) is 30.5 Å². The molecule has 5 rings (SSSR count). The summed E-state index contributed by atoms with van der Waals surface area (Å²) in [5.41, 5.74) is 1.01. The zero-order valence-corrected chi connectivity index (χ0v) is 28.5. The molecule has 0 aliphatic heterocycles. The molecule has 0 radical (unpaired) electrons. The molecular formula is C35H61O6P. The molecule has 0 heterocycles. The maximum atomic E-state index is 11.8. The van der Waals surface area contributed by atoms with Crippen molar-refractivity contribution in [2.45, 2.75) is 149 Å². The van der Waals surface area contributed by atoms with Gasteiger partial charge >= 0.3 is 0 Å². The SMILES string of the molecule is COC1CC(C2CCCC(C(C)(C)C)C2OPOC2CCCC3CC4CCCC(O)C4=C(O)C32)C(O)C(C(C)(C)C)C1. The standard InChI is InChI=1S/C35H61O6P/c1-34(2,3)25-14-10-13-23(24-18-22(39-7)19-26(31(24)37)35(4,5)6)33(25)41-42-40-28-16-9-12-21-17-20-11-8-15-27(36)29(20)32(38)30(21)28/h20-28,30-31,33,36-38,42H,8-19H2,1-7H3. The Balaban J connectivity index is 1.34. The smallest absolute Gasteiger partial charge is 0.155 e. The van der Waals surface area contributed by atoms with Crippen LogP contribution in [0.2, 0.25) is 0 Å². The second-order valence-corrected chi connectivity index (χ2v) is 17.4. The highest BCUT2D eigenvalue weighted by atomic mass is 31.1. The summed E-state index contributed by atoms with van der Waals surface area (Å²) in [6.45, 7) is 13.7. The highest BCUT2D eigenvalue weighted by molar-refractivity contribution is 7.26. The molecule has 0 aromatic carbocycles. The van der Waals surface area contributed by atoms with Gasteiger partial charge in [0, 0.05) is 13.0 Å². The number of ether oxygens (including phenoxy) is 1. The van der Waals surface area contributed by atoms with E-state index in [2.05, 4.69) is 41.5 Å². The normalized spacial score (nSPS) is 43.8. The molecule has 242 valence electrons. The Hall–Kier alpha value is -0.230. The molecule has 0 aromatic rings. The van der Waals surface area contributed by atoms with E-state index in [4.69, 9.17) is 13.8 Å². The Morgan fingerprint density at radius 1 is 0.738 bits per heavy atom. The molecule has 42 heavy (non-hydrogen) atoms. The van der Waals surface area contributed by atoms with Gasteiger partial charge in [-0.15, -0.1) is 0 Å². The van der Waals surface area contributed by atoms with E-state index in [0.717, 1.165) is 82.6 Å². The highest BCUT2D eigenvalue weighted by Crippen LogP contribution is 2.54. The van der Waals surface area contributed by atoms with E-state index in [1.807, 2.05) is 7.11 Å². The molecule has 0 amide bonds. The molecule has 0 saturated heterocycles. The maximum absolute atomic E-state index is 11.8.